The molecule has 0 amide bonds. The Bertz CT molecular complexity index is 214. The molecule has 1 atom stereocenters. The summed E-state index contributed by atoms with van der Waals surface area (Å²) in [5, 5.41) is -0.272. The number of hydrazine groups is 1. The number of esters is 1. The third-order valence-electron chi connectivity index (χ3n) is 1.55. The van der Waals surface area contributed by atoms with E-state index in [4.69, 9.17) is 11.6 Å². The fraction of sp³-hybridized carbons (Fsp3) is 0.625. The number of methoxy groups -OCH3 is 1. The van der Waals surface area contributed by atoms with Gasteiger partial charge in [0.25, 0.3) is 0 Å². The molecule has 76 valence electrons. The predicted molar refractivity (Wildman–Crippen MR) is 52.2 cm³/mol. The van der Waals surface area contributed by atoms with Crippen LogP contribution >= 0.6 is 11.6 Å². The first-order valence-electron chi connectivity index (χ1n) is 3.90. The lowest BCUT2D eigenvalue weighted by Crippen LogP contribution is -2.32. The predicted octanol–water partition coefficient (Wildman–Crippen LogP) is 0.785. The van der Waals surface area contributed by atoms with E-state index in [2.05, 4.69) is 15.6 Å². The fourth-order valence-corrected chi connectivity index (χ4v) is 1.11. The van der Waals surface area contributed by atoms with E-state index in [-0.39, 0.29) is 11.3 Å². The van der Waals surface area contributed by atoms with Gasteiger partial charge in [-0.1, -0.05) is 0 Å². The molecule has 0 bridgehead atoms. The zero-order valence-corrected chi connectivity index (χ0v) is 9.03. The van der Waals surface area contributed by atoms with Gasteiger partial charge in [-0.25, -0.2) is 10.2 Å². The molecule has 5 heteroatoms. The van der Waals surface area contributed by atoms with Gasteiger partial charge in [0.1, 0.15) is 0 Å². The highest BCUT2D eigenvalue weighted by Gasteiger charge is 2.14. The minimum Gasteiger partial charge on any atom is -0.466 e. The zero-order chi connectivity index (χ0) is 10.4. The molecular formula is C8H15ClN2O2. The van der Waals surface area contributed by atoms with Gasteiger partial charge in [0, 0.05) is 7.05 Å². The molecule has 4 nitrogen and oxygen atoms in total. The molecule has 0 radical (unpaired) electrons. The SMILES string of the molecule is CNN/C(=C(/C)C(=O)OC)C(C)Cl. The Morgan fingerprint density at radius 3 is 2.38 bits per heavy atom. The Morgan fingerprint density at radius 2 is 2.08 bits per heavy atom. The smallest absolute Gasteiger partial charge is 0.335 e. The first-order chi connectivity index (χ1) is 6.04. The van der Waals surface area contributed by atoms with Crippen LogP contribution in [0.2, 0.25) is 0 Å². The van der Waals surface area contributed by atoms with Crippen LogP contribution in [0.25, 0.3) is 0 Å². The van der Waals surface area contributed by atoms with Crippen LogP contribution in [-0.4, -0.2) is 25.5 Å². The second-order valence-electron chi connectivity index (χ2n) is 2.52. The summed E-state index contributed by atoms with van der Waals surface area (Å²) in [6.07, 6.45) is 0. The van der Waals surface area contributed by atoms with E-state index >= 15 is 0 Å². The van der Waals surface area contributed by atoms with Crippen molar-refractivity contribution in [3.63, 3.8) is 0 Å². The molecule has 1 unspecified atom stereocenters. The van der Waals surface area contributed by atoms with Crippen molar-refractivity contribution in [3.05, 3.63) is 11.3 Å². The number of allylic oxidation sites excluding steroid dienone is 1. The molecular weight excluding hydrogens is 192 g/mol. The van der Waals surface area contributed by atoms with Crippen molar-refractivity contribution >= 4 is 17.6 Å². The standard InChI is InChI=1S/C8H15ClN2O2/c1-5(8(12)13-4)7(6(2)9)11-10-3/h6,10-11H,1-4H3/b7-5-. The van der Waals surface area contributed by atoms with Crippen LogP contribution in [0.4, 0.5) is 0 Å². The molecule has 0 fully saturated rings. The van der Waals surface area contributed by atoms with Crippen molar-refractivity contribution in [2.24, 2.45) is 0 Å². The zero-order valence-electron chi connectivity index (χ0n) is 8.27. The summed E-state index contributed by atoms with van der Waals surface area (Å²) in [6.45, 7) is 3.43. The van der Waals surface area contributed by atoms with E-state index in [0.717, 1.165) is 0 Å². The van der Waals surface area contributed by atoms with E-state index in [0.29, 0.717) is 11.3 Å². The second kappa shape index (κ2) is 5.83. The highest BCUT2D eigenvalue weighted by Crippen LogP contribution is 2.11. The summed E-state index contributed by atoms with van der Waals surface area (Å²) in [4.78, 5) is 11.1. The number of carbonyl (C=O) groups excluding carboxylic acids is 1. The lowest BCUT2D eigenvalue weighted by Gasteiger charge is -2.14. The van der Waals surface area contributed by atoms with Crippen molar-refractivity contribution in [1.29, 1.82) is 0 Å². The normalized spacial score (nSPS) is 14.5. The summed E-state index contributed by atoms with van der Waals surface area (Å²) in [5.74, 6) is -0.384. The molecule has 13 heavy (non-hydrogen) atoms. The van der Waals surface area contributed by atoms with Crippen molar-refractivity contribution in [3.8, 4) is 0 Å². The molecule has 0 saturated heterocycles. The van der Waals surface area contributed by atoms with Gasteiger partial charge in [-0.3, -0.25) is 0 Å². The molecule has 0 heterocycles. The number of carbonyl (C=O) groups is 1. The minimum atomic E-state index is -0.384. The Hall–Kier alpha value is -0.740. The fourth-order valence-electron chi connectivity index (χ4n) is 0.889. The summed E-state index contributed by atoms with van der Waals surface area (Å²) in [5.41, 5.74) is 6.60. The van der Waals surface area contributed by atoms with Crippen LogP contribution in [0.15, 0.2) is 11.3 Å². The molecule has 0 rings (SSSR count). The Balaban J connectivity index is 4.74. The molecule has 0 spiro atoms. The van der Waals surface area contributed by atoms with Crippen molar-refractivity contribution in [2.45, 2.75) is 19.2 Å². The van der Waals surface area contributed by atoms with Crippen molar-refractivity contribution in [2.75, 3.05) is 14.2 Å². The Morgan fingerprint density at radius 1 is 1.54 bits per heavy atom. The van der Waals surface area contributed by atoms with Crippen LogP contribution in [0, 0.1) is 0 Å². The first-order valence-corrected chi connectivity index (χ1v) is 4.34. The third-order valence-corrected chi connectivity index (χ3v) is 1.77. The van der Waals surface area contributed by atoms with Gasteiger partial charge in [0.2, 0.25) is 0 Å². The van der Waals surface area contributed by atoms with Crippen LogP contribution < -0.4 is 10.9 Å². The lowest BCUT2D eigenvalue weighted by molar-refractivity contribution is -0.136. The summed E-state index contributed by atoms with van der Waals surface area (Å²) in [7, 11) is 3.03. The number of hydrogen-bond donors (Lipinski definition) is 2. The van der Waals surface area contributed by atoms with Gasteiger partial charge in [0.05, 0.1) is 23.8 Å². The highest BCUT2D eigenvalue weighted by atomic mass is 35.5. The maximum absolute atomic E-state index is 11.1. The Labute approximate surface area is 83.3 Å². The van der Waals surface area contributed by atoms with Gasteiger partial charge < -0.3 is 10.2 Å². The van der Waals surface area contributed by atoms with E-state index in [1.54, 1.807) is 20.9 Å². The molecule has 0 aliphatic rings. The topological polar surface area (TPSA) is 50.4 Å². The molecule has 0 aromatic heterocycles. The maximum atomic E-state index is 11.1. The van der Waals surface area contributed by atoms with E-state index in [1.807, 2.05) is 0 Å². The van der Waals surface area contributed by atoms with Gasteiger partial charge in [0.15, 0.2) is 0 Å². The van der Waals surface area contributed by atoms with Gasteiger partial charge in [-0.15, -0.1) is 11.6 Å². The van der Waals surface area contributed by atoms with Crippen LogP contribution in [-0.2, 0) is 9.53 Å². The van der Waals surface area contributed by atoms with Crippen LogP contribution in [0.1, 0.15) is 13.8 Å². The average molecular weight is 207 g/mol. The number of rotatable bonds is 4. The second-order valence-corrected chi connectivity index (χ2v) is 3.18. The number of alkyl halides is 1. The summed E-state index contributed by atoms with van der Waals surface area (Å²) < 4.78 is 4.57. The first kappa shape index (κ1) is 12.3. The highest BCUT2D eigenvalue weighted by molar-refractivity contribution is 6.22. The summed E-state index contributed by atoms with van der Waals surface area (Å²) in [6, 6.07) is 0. The van der Waals surface area contributed by atoms with Gasteiger partial charge in [-0.2, -0.15) is 0 Å². The average Bonchev–Trinajstić information content (AvgIpc) is 2.11. The molecule has 0 saturated carbocycles. The Kier molecular flexibility index (Phi) is 5.50. The number of hydrogen-bond acceptors (Lipinski definition) is 4. The molecule has 0 aliphatic carbocycles. The van der Waals surface area contributed by atoms with Gasteiger partial charge >= 0.3 is 5.97 Å². The quantitative estimate of drug-likeness (QED) is 0.309. The van der Waals surface area contributed by atoms with Gasteiger partial charge in [-0.05, 0) is 13.8 Å². The minimum absolute atomic E-state index is 0.272. The van der Waals surface area contributed by atoms with Crippen molar-refractivity contribution in [1.82, 2.24) is 10.9 Å². The molecule has 2 N–H and O–H groups in total. The van der Waals surface area contributed by atoms with Crippen molar-refractivity contribution < 1.29 is 9.53 Å². The molecule has 0 aliphatic heterocycles. The monoisotopic (exact) mass is 206 g/mol. The number of nitrogens with one attached hydrogen (secondary N) is 2. The molecule has 0 aromatic rings. The van der Waals surface area contributed by atoms with E-state index < -0.39 is 0 Å². The molecule has 0 aromatic carbocycles. The van der Waals surface area contributed by atoms with E-state index in [9.17, 15) is 4.79 Å². The maximum Gasteiger partial charge on any atom is 0.335 e. The van der Waals surface area contributed by atoms with E-state index in [1.165, 1.54) is 7.11 Å². The van der Waals surface area contributed by atoms with Crippen LogP contribution in [0.5, 0.6) is 0 Å². The third kappa shape index (κ3) is 3.65. The lowest BCUT2D eigenvalue weighted by atomic mass is 10.2. The number of ether oxygens (including phenoxy) is 1. The van der Waals surface area contributed by atoms with Crippen LogP contribution in [0.3, 0.4) is 0 Å². The largest absolute Gasteiger partial charge is 0.466 e. The number of halogens is 1. The summed E-state index contributed by atoms with van der Waals surface area (Å²) >= 11 is 5.85.